The third-order valence-corrected chi connectivity index (χ3v) is 10.4. The second kappa shape index (κ2) is 12.8. The number of fused-ring (bicyclic) bond motifs is 7. The normalized spacial score (nSPS) is 11.8. The van der Waals surface area contributed by atoms with Crippen molar-refractivity contribution in [3.05, 3.63) is 182 Å². The Balaban J connectivity index is 1.16. The van der Waals surface area contributed by atoms with Crippen LogP contribution in [0.15, 0.2) is 175 Å². The van der Waals surface area contributed by atoms with Gasteiger partial charge in [-0.15, -0.1) is 0 Å². The zero-order chi connectivity index (χ0) is 36.2. The van der Waals surface area contributed by atoms with E-state index in [4.69, 9.17) is 19.4 Å². The highest BCUT2D eigenvalue weighted by molar-refractivity contribution is 6.22. The van der Waals surface area contributed by atoms with Crippen molar-refractivity contribution in [2.24, 2.45) is 0 Å². The minimum atomic E-state index is 0.641. The molecule has 0 saturated carbocycles. The molecule has 0 saturated heterocycles. The van der Waals surface area contributed by atoms with Gasteiger partial charge in [-0.05, 0) is 91.5 Å². The van der Waals surface area contributed by atoms with Crippen LogP contribution in [0.1, 0.15) is 11.3 Å². The van der Waals surface area contributed by atoms with Gasteiger partial charge in [0.05, 0.1) is 0 Å². The van der Waals surface area contributed by atoms with E-state index in [9.17, 15) is 0 Å². The number of benzene rings is 8. The maximum Gasteiger partial charge on any atom is 0.164 e. The van der Waals surface area contributed by atoms with Gasteiger partial charge in [0.1, 0.15) is 11.3 Å². The number of aryl methyl sites for hydroxylation is 1. The molecule has 0 bridgehead atoms. The predicted molar refractivity (Wildman–Crippen MR) is 225 cm³/mol. The van der Waals surface area contributed by atoms with Crippen LogP contribution in [0.25, 0.3) is 105 Å². The fourth-order valence-electron chi connectivity index (χ4n) is 7.76. The summed E-state index contributed by atoms with van der Waals surface area (Å²) >= 11 is 0. The van der Waals surface area contributed by atoms with Gasteiger partial charge in [0.15, 0.2) is 17.5 Å². The lowest BCUT2D eigenvalue weighted by Crippen LogP contribution is -2.00. The minimum Gasteiger partial charge on any atom is -0.461 e. The van der Waals surface area contributed by atoms with Crippen molar-refractivity contribution in [2.45, 2.75) is 6.92 Å². The van der Waals surface area contributed by atoms with Crippen LogP contribution >= 0.6 is 0 Å². The van der Waals surface area contributed by atoms with E-state index < -0.39 is 0 Å². The van der Waals surface area contributed by atoms with E-state index in [2.05, 4.69) is 104 Å². The topological polar surface area (TPSA) is 51.8 Å². The molecule has 0 atom stereocenters. The zero-order valence-electron chi connectivity index (χ0n) is 29.6. The van der Waals surface area contributed by atoms with Crippen molar-refractivity contribution in [3.63, 3.8) is 0 Å². The molecule has 254 valence electrons. The summed E-state index contributed by atoms with van der Waals surface area (Å²) in [6.45, 7) is 5.88. The van der Waals surface area contributed by atoms with E-state index in [1.54, 1.807) is 6.08 Å². The lowest BCUT2D eigenvalue weighted by molar-refractivity contribution is 0.578. The molecule has 0 radical (unpaired) electrons. The molecule has 0 amide bonds. The molecule has 10 aromatic rings. The summed E-state index contributed by atoms with van der Waals surface area (Å²) in [4.78, 5) is 15.2. The van der Waals surface area contributed by atoms with Gasteiger partial charge in [0.25, 0.3) is 0 Å². The average Bonchev–Trinajstić information content (AvgIpc) is 3.54. The second-order valence-electron chi connectivity index (χ2n) is 13.7. The summed E-state index contributed by atoms with van der Waals surface area (Å²) in [5.41, 5.74) is 7.05. The molecule has 0 aliphatic heterocycles. The molecule has 2 heterocycles. The van der Waals surface area contributed by atoms with Gasteiger partial charge in [0.2, 0.25) is 0 Å². The van der Waals surface area contributed by atoms with E-state index in [-0.39, 0.29) is 0 Å². The summed E-state index contributed by atoms with van der Waals surface area (Å²) in [6.07, 6.45) is 5.84. The summed E-state index contributed by atoms with van der Waals surface area (Å²) < 4.78 is 6.20. The third kappa shape index (κ3) is 5.35. The Kier molecular flexibility index (Phi) is 7.48. The van der Waals surface area contributed by atoms with Gasteiger partial charge in [-0.3, -0.25) is 0 Å². The van der Waals surface area contributed by atoms with E-state index in [0.717, 1.165) is 66.3 Å². The quantitative estimate of drug-likeness (QED) is 0.129. The van der Waals surface area contributed by atoms with Crippen molar-refractivity contribution in [2.75, 3.05) is 0 Å². The van der Waals surface area contributed by atoms with E-state index in [0.29, 0.717) is 17.5 Å². The van der Waals surface area contributed by atoms with E-state index in [1.807, 2.05) is 73.7 Å². The zero-order valence-corrected chi connectivity index (χ0v) is 29.6. The SMILES string of the molecule is C=C/C=C\c1c(C)oc2cc3ccc4ccc5cc(-c6cc(-c7nc(-c8ccccc8)nc(-c8ccccc8)n7)c7ccccc7c6)ccc5c4c3cc12. The molecule has 0 fully saturated rings. The molecule has 0 spiro atoms. The Bertz CT molecular complexity index is 3070. The molecule has 0 N–H and O–H groups in total. The first kappa shape index (κ1) is 31.6. The van der Waals surface area contributed by atoms with Gasteiger partial charge in [0, 0.05) is 27.6 Å². The Morgan fingerprint density at radius 3 is 1.81 bits per heavy atom. The van der Waals surface area contributed by atoms with E-state index in [1.165, 1.54) is 26.9 Å². The van der Waals surface area contributed by atoms with Crippen molar-refractivity contribution in [1.29, 1.82) is 0 Å². The van der Waals surface area contributed by atoms with Gasteiger partial charge < -0.3 is 4.42 Å². The Morgan fingerprint density at radius 2 is 1.09 bits per heavy atom. The Morgan fingerprint density at radius 1 is 0.481 bits per heavy atom. The number of allylic oxidation sites excluding steroid dienone is 2. The molecule has 0 aliphatic carbocycles. The number of aromatic nitrogens is 3. The molecule has 2 aromatic heterocycles. The van der Waals surface area contributed by atoms with Gasteiger partial charge >= 0.3 is 0 Å². The summed E-state index contributed by atoms with van der Waals surface area (Å²) in [5.74, 6) is 2.83. The smallest absolute Gasteiger partial charge is 0.164 e. The molecular formula is C50H33N3O. The van der Waals surface area contributed by atoms with Crippen molar-refractivity contribution >= 4 is 60.1 Å². The highest BCUT2D eigenvalue weighted by atomic mass is 16.3. The number of furan rings is 1. The van der Waals surface area contributed by atoms with E-state index >= 15 is 0 Å². The fraction of sp³-hybridized carbons (Fsp3) is 0.0200. The molecule has 0 aliphatic rings. The summed E-state index contributed by atoms with van der Waals surface area (Å²) in [6, 6.07) is 53.4. The van der Waals surface area contributed by atoms with Gasteiger partial charge in [-0.1, -0.05) is 146 Å². The van der Waals surface area contributed by atoms with Crippen LogP contribution in [0.3, 0.4) is 0 Å². The molecule has 4 heteroatoms. The van der Waals surface area contributed by atoms with Crippen LogP contribution in [0.5, 0.6) is 0 Å². The van der Waals surface area contributed by atoms with Crippen LogP contribution in [0.4, 0.5) is 0 Å². The standard InChI is InChI=1S/C50H33N3O/c1-3-4-18-40-31(2)54-46-29-38-23-21-32-20-22-37-26-35(24-25-42(37)47(32)43(38)30-44(40)46)39-27-36-17-11-12-19-41(36)45(28-39)50-52-48(33-13-7-5-8-14-33)51-49(53-50)34-15-9-6-10-16-34/h3-30H,1H2,2H3/b18-4-. The molecule has 0 unspecified atom stereocenters. The number of hydrogen-bond acceptors (Lipinski definition) is 4. The minimum absolute atomic E-state index is 0.641. The predicted octanol–water partition coefficient (Wildman–Crippen LogP) is 13.4. The van der Waals surface area contributed by atoms with Crippen molar-refractivity contribution < 1.29 is 4.42 Å². The number of rotatable bonds is 6. The molecule has 4 nitrogen and oxygen atoms in total. The first-order valence-corrected chi connectivity index (χ1v) is 18.1. The number of nitrogens with zero attached hydrogens (tertiary/aromatic N) is 3. The first-order valence-electron chi connectivity index (χ1n) is 18.1. The van der Waals surface area contributed by atoms with Gasteiger partial charge in [-0.25, -0.2) is 15.0 Å². The Hall–Kier alpha value is -7.17. The van der Waals surface area contributed by atoms with Crippen LogP contribution in [-0.2, 0) is 0 Å². The maximum atomic E-state index is 6.20. The van der Waals surface area contributed by atoms with Crippen molar-refractivity contribution in [1.82, 2.24) is 15.0 Å². The molecule has 10 rings (SSSR count). The lowest BCUT2D eigenvalue weighted by atomic mass is 9.92. The van der Waals surface area contributed by atoms with Gasteiger partial charge in [-0.2, -0.15) is 0 Å². The van der Waals surface area contributed by atoms with Crippen LogP contribution in [0.2, 0.25) is 0 Å². The number of hydrogen-bond donors (Lipinski definition) is 0. The summed E-state index contributed by atoms with van der Waals surface area (Å²) in [5, 5.41) is 10.5. The highest BCUT2D eigenvalue weighted by Gasteiger charge is 2.17. The van der Waals surface area contributed by atoms with Crippen LogP contribution in [0, 0.1) is 6.92 Å². The second-order valence-corrected chi connectivity index (χ2v) is 13.7. The van der Waals surface area contributed by atoms with Crippen molar-refractivity contribution in [3.8, 4) is 45.3 Å². The largest absolute Gasteiger partial charge is 0.461 e. The fourth-order valence-corrected chi connectivity index (χ4v) is 7.76. The first-order chi connectivity index (χ1) is 26.6. The lowest BCUT2D eigenvalue weighted by Gasteiger charge is -2.14. The highest BCUT2D eigenvalue weighted by Crippen LogP contribution is 2.40. The molecule has 54 heavy (non-hydrogen) atoms. The van der Waals surface area contributed by atoms with Crippen LogP contribution in [-0.4, -0.2) is 15.0 Å². The molecular weight excluding hydrogens is 659 g/mol. The average molecular weight is 692 g/mol. The molecule has 8 aromatic carbocycles. The summed E-state index contributed by atoms with van der Waals surface area (Å²) in [7, 11) is 0. The Labute approximate surface area is 312 Å². The van der Waals surface area contributed by atoms with Crippen LogP contribution < -0.4 is 0 Å². The third-order valence-electron chi connectivity index (χ3n) is 10.4. The maximum absolute atomic E-state index is 6.20. The monoisotopic (exact) mass is 691 g/mol.